The Hall–Kier alpha value is -1.13. The second-order valence-electron chi connectivity index (χ2n) is 6.06. The van der Waals surface area contributed by atoms with Gasteiger partial charge in [0.25, 0.3) is 0 Å². The van der Waals surface area contributed by atoms with Crippen molar-refractivity contribution in [2.24, 2.45) is 0 Å². The van der Waals surface area contributed by atoms with E-state index in [0.29, 0.717) is 0 Å². The lowest BCUT2D eigenvalue weighted by Crippen LogP contribution is -2.49. The van der Waals surface area contributed by atoms with Crippen LogP contribution in [-0.4, -0.2) is 49.3 Å². The van der Waals surface area contributed by atoms with Gasteiger partial charge in [0.2, 0.25) is 0 Å². The van der Waals surface area contributed by atoms with Crippen LogP contribution in [0.25, 0.3) is 0 Å². The third-order valence-corrected chi connectivity index (χ3v) is 4.82. The summed E-state index contributed by atoms with van der Waals surface area (Å²) in [4.78, 5) is 4.68. The summed E-state index contributed by atoms with van der Waals surface area (Å²) in [5.74, 6) is -0.139. The molecule has 1 unspecified atom stereocenters. The Balaban J connectivity index is 1.96. The molecule has 1 atom stereocenters. The van der Waals surface area contributed by atoms with E-state index < -0.39 is 0 Å². The van der Waals surface area contributed by atoms with Crippen LogP contribution in [-0.2, 0) is 5.41 Å². The van der Waals surface area contributed by atoms with E-state index in [0.717, 1.165) is 45.6 Å². The van der Waals surface area contributed by atoms with Crippen molar-refractivity contribution < 1.29 is 9.50 Å². The number of nitrogens with zero attached hydrogens (tertiary/aromatic N) is 2. The number of aliphatic hydroxyl groups excluding tert-OH is 1. The minimum absolute atomic E-state index is 0.0425. The average Bonchev–Trinajstić information content (AvgIpc) is 2.73. The van der Waals surface area contributed by atoms with Gasteiger partial charge in [-0.25, -0.2) is 4.39 Å². The maximum atomic E-state index is 13.7. The second kappa shape index (κ2) is 5.34. The summed E-state index contributed by atoms with van der Waals surface area (Å²) in [7, 11) is 0. The molecule has 3 rings (SSSR count). The van der Waals surface area contributed by atoms with Gasteiger partial charge >= 0.3 is 0 Å². The molecule has 1 aromatic carbocycles. The third kappa shape index (κ3) is 2.21. The Bertz CT molecular complexity index is 491. The van der Waals surface area contributed by atoms with Crippen molar-refractivity contribution in [3.8, 4) is 0 Å². The molecule has 2 aliphatic heterocycles. The van der Waals surface area contributed by atoms with Crippen molar-refractivity contribution in [3.05, 3.63) is 29.6 Å². The van der Waals surface area contributed by atoms with E-state index in [1.165, 1.54) is 11.3 Å². The normalized spacial score (nSPS) is 26.2. The molecule has 4 heteroatoms. The highest BCUT2D eigenvalue weighted by molar-refractivity contribution is 5.63. The lowest BCUT2D eigenvalue weighted by molar-refractivity contribution is 0.126. The number of likely N-dealkylation sites (tertiary alicyclic amines) is 1. The Kier molecular flexibility index (Phi) is 3.69. The van der Waals surface area contributed by atoms with Crippen LogP contribution in [0.5, 0.6) is 0 Å². The first-order valence-electron chi connectivity index (χ1n) is 7.57. The number of halogens is 1. The predicted molar refractivity (Wildman–Crippen MR) is 78.7 cm³/mol. The van der Waals surface area contributed by atoms with E-state index >= 15 is 0 Å². The SMILES string of the molecule is CCN1CC2(CCCN(CCO)C2)c2cc(F)ccc21. The van der Waals surface area contributed by atoms with Gasteiger partial charge in [0.1, 0.15) is 5.82 Å². The zero-order chi connectivity index (χ0) is 14.2. The number of fused-ring (bicyclic) bond motifs is 2. The molecule has 3 nitrogen and oxygen atoms in total. The Morgan fingerprint density at radius 2 is 2.20 bits per heavy atom. The van der Waals surface area contributed by atoms with E-state index in [-0.39, 0.29) is 17.8 Å². The van der Waals surface area contributed by atoms with E-state index in [9.17, 15) is 9.50 Å². The molecule has 20 heavy (non-hydrogen) atoms. The number of β-amino-alcohol motifs (C(OH)–C–C–N with tert-alkyl or cyclic N) is 1. The van der Waals surface area contributed by atoms with Crippen molar-refractivity contribution in [1.29, 1.82) is 0 Å². The molecule has 2 aliphatic rings. The van der Waals surface area contributed by atoms with Crippen LogP contribution in [0.15, 0.2) is 18.2 Å². The molecule has 0 bridgehead atoms. The Labute approximate surface area is 120 Å². The van der Waals surface area contributed by atoms with Gasteiger partial charge in [-0.3, -0.25) is 0 Å². The monoisotopic (exact) mass is 278 g/mol. The molecule has 0 aliphatic carbocycles. The minimum Gasteiger partial charge on any atom is -0.395 e. The van der Waals surface area contributed by atoms with Gasteiger partial charge in [-0.05, 0) is 50.1 Å². The number of benzene rings is 1. The van der Waals surface area contributed by atoms with Gasteiger partial charge in [-0.2, -0.15) is 0 Å². The summed E-state index contributed by atoms with van der Waals surface area (Å²) in [5, 5.41) is 9.18. The molecule has 0 saturated carbocycles. The summed E-state index contributed by atoms with van der Waals surface area (Å²) in [6.45, 7) is 6.98. The zero-order valence-corrected chi connectivity index (χ0v) is 12.1. The molecular formula is C16H23FN2O. The smallest absolute Gasteiger partial charge is 0.123 e. The third-order valence-electron chi connectivity index (χ3n) is 4.82. The van der Waals surface area contributed by atoms with E-state index in [1.807, 2.05) is 6.07 Å². The van der Waals surface area contributed by atoms with E-state index in [4.69, 9.17) is 0 Å². The number of likely N-dealkylation sites (N-methyl/N-ethyl adjacent to an activating group) is 1. The number of hydrogen-bond donors (Lipinski definition) is 1. The number of rotatable bonds is 3. The average molecular weight is 278 g/mol. The van der Waals surface area contributed by atoms with Crippen LogP contribution in [0.4, 0.5) is 10.1 Å². The Morgan fingerprint density at radius 1 is 1.35 bits per heavy atom. The maximum absolute atomic E-state index is 13.7. The lowest BCUT2D eigenvalue weighted by atomic mass is 9.75. The molecule has 1 spiro atoms. The summed E-state index contributed by atoms with van der Waals surface area (Å²) in [6, 6.07) is 5.22. The number of hydrogen-bond acceptors (Lipinski definition) is 3. The topological polar surface area (TPSA) is 26.7 Å². The van der Waals surface area contributed by atoms with Crippen LogP contribution >= 0.6 is 0 Å². The fourth-order valence-corrected chi connectivity index (χ4v) is 3.94. The van der Waals surface area contributed by atoms with E-state index in [1.54, 1.807) is 12.1 Å². The largest absolute Gasteiger partial charge is 0.395 e. The summed E-state index contributed by atoms with van der Waals surface area (Å²) in [5.41, 5.74) is 2.41. The van der Waals surface area contributed by atoms with Gasteiger partial charge in [0.05, 0.1) is 6.61 Å². The van der Waals surface area contributed by atoms with Gasteiger partial charge in [-0.1, -0.05) is 0 Å². The summed E-state index contributed by atoms with van der Waals surface area (Å²) < 4.78 is 13.7. The van der Waals surface area contributed by atoms with Crippen LogP contribution in [0, 0.1) is 5.82 Å². The van der Waals surface area contributed by atoms with Crippen molar-refractivity contribution in [2.45, 2.75) is 25.2 Å². The first kappa shape index (κ1) is 13.8. The van der Waals surface area contributed by atoms with Gasteiger partial charge in [0.15, 0.2) is 0 Å². The highest BCUT2D eigenvalue weighted by Gasteiger charge is 2.44. The number of anilines is 1. The molecule has 110 valence electrons. The molecule has 1 N–H and O–H groups in total. The number of aliphatic hydroxyl groups is 1. The first-order valence-corrected chi connectivity index (χ1v) is 7.57. The highest BCUT2D eigenvalue weighted by Crippen LogP contribution is 2.45. The van der Waals surface area contributed by atoms with Crippen LogP contribution < -0.4 is 4.90 Å². The molecular weight excluding hydrogens is 255 g/mol. The lowest BCUT2D eigenvalue weighted by Gasteiger charge is -2.41. The second-order valence-corrected chi connectivity index (χ2v) is 6.06. The Morgan fingerprint density at radius 3 is 2.95 bits per heavy atom. The van der Waals surface area contributed by atoms with Crippen LogP contribution in [0.1, 0.15) is 25.3 Å². The molecule has 1 aromatic rings. The summed E-state index contributed by atoms with van der Waals surface area (Å²) in [6.07, 6.45) is 2.23. The highest BCUT2D eigenvalue weighted by atomic mass is 19.1. The molecule has 1 fully saturated rings. The first-order chi connectivity index (χ1) is 9.68. The predicted octanol–water partition coefficient (Wildman–Crippen LogP) is 1.99. The van der Waals surface area contributed by atoms with Crippen molar-refractivity contribution in [1.82, 2.24) is 4.90 Å². The number of piperidine rings is 1. The molecule has 2 heterocycles. The standard InChI is InChI=1S/C16H23FN2O/c1-2-19-12-16(6-3-7-18(11-16)8-9-20)14-10-13(17)4-5-15(14)19/h4-5,10,20H,2-3,6-9,11-12H2,1H3. The molecule has 0 amide bonds. The van der Waals surface area contributed by atoms with Gasteiger partial charge in [0, 0.05) is 37.3 Å². The molecule has 0 aromatic heterocycles. The zero-order valence-electron chi connectivity index (χ0n) is 12.1. The fraction of sp³-hybridized carbons (Fsp3) is 0.625. The van der Waals surface area contributed by atoms with Gasteiger partial charge < -0.3 is 14.9 Å². The maximum Gasteiger partial charge on any atom is 0.123 e. The van der Waals surface area contributed by atoms with Crippen LogP contribution in [0.3, 0.4) is 0 Å². The van der Waals surface area contributed by atoms with Crippen molar-refractivity contribution >= 4 is 5.69 Å². The summed E-state index contributed by atoms with van der Waals surface area (Å²) >= 11 is 0. The van der Waals surface area contributed by atoms with Crippen molar-refractivity contribution in [3.63, 3.8) is 0 Å². The van der Waals surface area contributed by atoms with E-state index in [2.05, 4.69) is 16.7 Å². The molecule has 1 saturated heterocycles. The van der Waals surface area contributed by atoms with Crippen LogP contribution in [0.2, 0.25) is 0 Å². The van der Waals surface area contributed by atoms with Crippen molar-refractivity contribution in [2.75, 3.05) is 44.2 Å². The quantitative estimate of drug-likeness (QED) is 0.916. The minimum atomic E-state index is -0.139. The molecule has 0 radical (unpaired) electrons. The van der Waals surface area contributed by atoms with Gasteiger partial charge in [-0.15, -0.1) is 0 Å². The fourth-order valence-electron chi connectivity index (χ4n) is 3.94.